The van der Waals surface area contributed by atoms with E-state index in [0.29, 0.717) is 12.1 Å². The summed E-state index contributed by atoms with van der Waals surface area (Å²) in [5.74, 6) is 0.775. The quantitative estimate of drug-likeness (QED) is 0.803. The second kappa shape index (κ2) is 5.09. The molecule has 0 spiro atoms. The third kappa shape index (κ3) is 2.20. The molecule has 3 rings (SSSR count). The number of H-pyrrole nitrogens is 1. The summed E-state index contributed by atoms with van der Waals surface area (Å²) in [6.45, 7) is 3.84. The molecule has 2 aromatic heterocycles. The third-order valence-corrected chi connectivity index (χ3v) is 3.65. The predicted octanol–water partition coefficient (Wildman–Crippen LogP) is 2.57. The summed E-state index contributed by atoms with van der Waals surface area (Å²) in [5, 5.41) is 3.12. The summed E-state index contributed by atoms with van der Waals surface area (Å²) in [6.07, 6.45) is 0.675. The van der Waals surface area contributed by atoms with Crippen molar-refractivity contribution in [3.8, 4) is 17.0 Å². The zero-order chi connectivity index (χ0) is 15.0. The number of rotatable bonds is 3. The van der Waals surface area contributed by atoms with Crippen LogP contribution < -0.4 is 10.3 Å². The van der Waals surface area contributed by atoms with Crippen LogP contribution in [0.4, 0.5) is 0 Å². The molecular formula is C16H17N3O2. The van der Waals surface area contributed by atoms with E-state index in [1.165, 1.54) is 4.52 Å². The average molecular weight is 283 g/mol. The molecule has 0 aliphatic carbocycles. The summed E-state index contributed by atoms with van der Waals surface area (Å²) >= 11 is 0. The fourth-order valence-corrected chi connectivity index (χ4v) is 2.52. The van der Waals surface area contributed by atoms with Crippen LogP contribution in [0.5, 0.6) is 5.75 Å². The fourth-order valence-electron chi connectivity index (χ4n) is 2.52. The molecular weight excluding hydrogens is 266 g/mol. The number of aromatic nitrogens is 3. The van der Waals surface area contributed by atoms with Gasteiger partial charge in [0, 0.05) is 22.9 Å². The second-order valence-corrected chi connectivity index (χ2v) is 4.93. The van der Waals surface area contributed by atoms with E-state index in [0.717, 1.165) is 28.3 Å². The topological polar surface area (TPSA) is 59.4 Å². The van der Waals surface area contributed by atoms with Crippen LogP contribution in [0.15, 0.2) is 35.1 Å². The van der Waals surface area contributed by atoms with Gasteiger partial charge in [0.25, 0.3) is 5.56 Å². The van der Waals surface area contributed by atoms with Gasteiger partial charge in [-0.15, -0.1) is 0 Å². The van der Waals surface area contributed by atoms with Crippen LogP contribution in [0.2, 0.25) is 0 Å². The lowest BCUT2D eigenvalue weighted by atomic mass is 10.1. The van der Waals surface area contributed by atoms with Gasteiger partial charge in [-0.3, -0.25) is 9.89 Å². The maximum absolute atomic E-state index is 12.4. The van der Waals surface area contributed by atoms with Gasteiger partial charge < -0.3 is 4.74 Å². The smallest absolute Gasteiger partial charge is 0.276 e. The minimum atomic E-state index is -0.0332. The van der Waals surface area contributed by atoms with Crippen molar-refractivity contribution in [3.63, 3.8) is 0 Å². The van der Waals surface area contributed by atoms with Crippen LogP contribution in [-0.2, 0) is 6.42 Å². The Morgan fingerprint density at radius 3 is 2.86 bits per heavy atom. The fraction of sp³-hybridized carbons (Fsp3) is 0.250. The zero-order valence-electron chi connectivity index (χ0n) is 12.3. The molecule has 0 unspecified atom stereocenters. The largest absolute Gasteiger partial charge is 0.497 e. The van der Waals surface area contributed by atoms with Crippen LogP contribution in [0.1, 0.15) is 18.2 Å². The summed E-state index contributed by atoms with van der Waals surface area (Å²) in [5.41, 5.74) is 3.92. The van der Waals surface area contributed by atoms with Crippen molar-refractivity contribution in [2.24, 2.45) is 0 Å². The molecule has 5 nitrogen and oxygen atoms in total. The van der Waals surface area contributed by atoms with Crippen molar-refractivity contribution < 1.29 is 4.74 Å². The van der Waals surface area contributed by atoms with Crippen LogP contribution in [-0.4, -0.2) is 21.7 Å². The van der Waals surface area contributed by atoms with Crippen LogP contribution in [0.25, 0.3) is 16.9 Å². The lowest BCUT2D eigenvalue weighted by Crippen LogP contribution is -2.21. The van der Waals surface area contributed by atoms with Crippen molar-refractivity contribution in [2.75, 3.05) is 7.11 Å². The Morgan fingerprint density at radius 2 is 2.14 bits per heavy atom. The maximum Gasteiger partial charge on any atom is 0.276 e. The van der Waals surface area contributed by atoms with Gasteiger partial charge in [0.2, 0.25) is 0 Å². The molecule has 0 amide bonds. The highest BCUT2D eigenvalue weighted by atomic mass is 16.5. The molecule has 0 bridgehead atoms. The van der Waals surface area contributed by atoms with Gasteiger partial charge in [0.15, 0.2) is 5.65 Å². The van der Waals surface area contributed by atoms with E-state index in [1.807, 2.05) is 44.2 Å². The number of aryl methyl sites for hydroxylation is 1. The van der Waals surface area contributed by atoms with E-state index in [4.69, 9.17) is 4.74 Å². The number of aromatic amines is 1. The molecule has 0 saturated carbocycles. The first-order valence-electron chi connectivity index (χ1n) is 6.89. The highest BCUT2D eigenvalue weighted by molar-refractivity contribution is 5.65. The van der Waals surface area contributed by atoms with Gasteiger partial charge in [-0.25, -0.2) is 9.50 Å². The first kappa shape index (κ1) is 13.4. The molecule has 1 N–H and O–H groups in total. The monoisotopic (exact) mass is 283 g/mol. The maximum atomic E-state index is 12.4. The molecule has 0 atom stereocenters. The van der Waals surface area contributed by atoms with E-state index < -0.39 is 0 Å². The Kier molecular flexibility index (Phi) is 3.25. The second-order valence-electron chi connectivity index (χ2n) is 4.93. The van der Waals surface area contributed by atoms with Crippen LogP contribution >= 0.6 is 0 Å². The van der Waals surface area contributed by atoms with Crippen LogP contribution in [0.3, 0.4) is 0 Å². The lowest BCUT2D eigenvalue weighted by molar-refractivity contribution is 0.415. The molecule has 2 heterocycles. The molecule has 1 aromatic carbocycles. The molecule has 0 saturated heterocycles. The Balaban J connectivity index is 2.21. The van der Waals surface area contributed by atoms with E-state index >= 15 is 0 Å². The number of nitrogens with zero attached hydrogens (tertiary/aromatic N) is 2. The highest BCUT2D eigenvalue weighted by Gasteiger charge is 2.11. The normalized spacial score (nSPS) is 11.0. The first-order chi connectivity index (χ1) is 10.1. The summed E-state index contributed by atoms with van der Waals surface area (Å²) in [6, 6.07) is 9.56. The Labute approximate surface area is 122 Å². The SMILES string of the molecule is CCc1c(C)nc2cc(-c3cccc(OC)c3)[nH]n2c1=O. The highest BCUT2D eigenvalue weighted by Crippen LogP contribution is 2.23. The molecule has 108 valence electrons. The van der Waals surface area contributed by atoms with Crippen molar-refractivity contribution in [2.45, 2.75) is 20.3 Å². The number of nitrogens with one attached hydrogen (secondary N) is 1. The van der Waals surface area contributed by atoms with E-state index in [2.05, 4.69) is 10.1 Å². The molecule has 0 aliphatic rings. The minimum Gasteiger partial charge on any atom is -0.497 e. The number of benzene rings is 1. The summed E-state index contributed by atoms with van der Waals surface area (Å²) < 4.78 is 6.73. The van der Waals surface area contributed by atoms with Gasteiger partial charge in [0.05, 0.1) is 12.8 Å². The van der Waals surface area contributed by atoms with Gasteiger partial charge in [-0.05, 0) is 25.5 Å². The zero-order valence-corrected chi connectivity index (χ0v) is 12.3. The number of hydrogen-bond donors (Lipinski definition) is 1. The molecule has 0 fully saturated rings. The molecule has 0 aliphatic heterocycles. The standard InChI is InChI=1S/C16H17N3O2/c1-4-13-10(2)17-15-9-14(18-19(15)16(13)20)11-6-5-7-12(8-11)21-3/h5-9,18H,4H2,1-3H3. The predicted molar refractivity (Wildman–Crippen MR) is 81.9 cm³/mol. The lowest BCUT2D eigenvalue weighted by Gasteiger charge is -2.02. The van der Waals surface area contributed by atoms with E-state index in [9.17, 15) is 4.79 Å². The van der Waals surface area contributed by atoms with E-state index in [-0.39, 0.29) is 5.56 Å². The van der Waals surface area contributed by atoms with Crippen molar-refractivity contribution >= 4 is 5.65 Å². The van der Waals surface area contributed by atoms with Crippen molar-refractivity contribution in [1.82, 2.24) is 14.6 Å². The first-order valence-corrected chi connectivity index (χ1v) is 6.89. The number of ether oxygens (including phenoxy) is 1. The Bertz CT molecular complexity index is 862. The molecule has 0 radical (unpaired) electrons. The Morgan fingerprint density at radius 1 is 1.33 bits per heavy atom. The third-order valence-electron chi connectivity index (χ3n) is 3.65. The Hall–Kier alpha value is -2.56. The van der Waals surface area contributed by atoms with Gasteiger partial charge in [-0.1, -0.05) is 19.1 Å². The number of methoxy groups -OCH3 is 1. The molecule has 3 aromatic rings. The number of hydrogen-bond acceptors (Lipinski definition) is 3. The van der Waals surface area contributed by atoms with Gasteiger partial charge in [0.1, 0.15) is 5.75 Å². The molecule has 21 heavy (non-hydrogen) atoms. The van der Waals surface area contributed by atoms with Crippen LogP contribution in [0, 0.1) is 6.92 Å². The minimum absolute atomic E-state index is 0.0332. The summed E-state index contributed by atoms with van der Waals surface area (Å²) in [4.78, 5) is 16.9. The number of fused-ring (bicyclic) bond motifs is 1. The van der Waals surface area contributed by atoms with Crippen molar-refractivity contribution in [1.29, 1.82) is 0 Å². The summed E-state index contributed by atoms with van der Waals surface area (Å²) in [7, 11) is 1.63. The van der Waals surface area contributed by atoms with Gasteiger partial charge in [-0.2, -0.15) is 0 Å². The molecule has 5 heteroatoms. The van der Waals surface area contributed by atoms with Crippen molar-refractivity contribution in [3.05, 3.63) is 51.9 Å². The van der Waals surface area contributed by atoms with E-state index in [1.54, 1.807) is 7.11 Å². The van der Waals surface area contributed by atoms with Gasteiger partial charge >= 0.3 is 0 Å². The average Bonchev–Trinajstić information content (AvgIpc) is 2.92.